The van der Waals surface area contributed by atoms with E-state index in [0.29, 0.717) is 0 Å². The van der Waals surface area contributed by atoms with Crippen molar-refractivity contribution in [1.82, 2.24) is 0 Å². The van der Waals surface area contributed by atoms with Gasteiger partial charge in [0, 0.05) is 12.1 Å². The number of halogens is 2. The number of hydrogen-bond acceptors (Lipinski definition) is 3. The lowest BCUT2D eigenvalue weighted by molar-refractivity contribution is -0.385. The molecule has 1 aromatic carbocycles. The Balaban J connectivity index is 3.17. The van der Waals surface area contributed by atoms with Gasteiger partial charge in [0.2, 0.25) is 0 Å². The highest BCUT2D eigenvalue weighted by molar-refractivity contribution is 9.10. The zero-order valence-corrected chi connectivity index (χ0v) is 9.62. The van der Waals surface area contributed by atoms with Crippen molar-refractivity contribution in [3.05, 3.63) is 38.1 Å². The van der Waals surface area contributed by atoms with Crippen LogP contribution in [0.3, 0.4) is 0 Å². The van der Waals surface area contributed by atoms with E-state index in [4.69, 9.17) is 5.73 Å². The Morgan fingerprint density at radius 1 is 1.67 bits per heavy atom. The summed E-state index contributed by atoms with van der Waals surface area (Å²) in [7, 11) is 0. The van der Waals surface area contributed by atoms with Crippen LogP contribution in [0.5, 0.6) is 0 Å². The van der Waals surface area contributed by atoms with Crippen molar-refractivity contribution < 1.29 is 9.31 Å². The van der Waals surface area contributed by atoms with E-state index in [1.54, 1.807) is 6.92 Å². The Morgan fingerprint density at radius 2 is 2.27 bits per heavy atom. The first-order valence-electron chi connectivity index (χ1n) is 4.29. The van der Waals surface area contributed by atoms with E-state index >= 15 is 0 Å². The summed E-state index contributed by atoms with van der Waals surface area (Å²) in [6.07, 6.45) is 0.278. The number of nitrogens with zero attached hydrogens (tertiary/aromatic N) is 1. The van der Waals surface area contributed by atoms with Gasteiger partial charge in [-0.1, -0.05) is 0 Å². The van der Waals surface area contributed by atoms with Crippen LogP contribution in [0.2, 0.25) is 0 Å². The number of hydrogen-bond donors (Lipinski definition) is 1. The van der Waals surface area contributed by atoms with Crippen molar-refractivity contribution in [2.45, 2.75) is 19.4 Å². The van der Waals surface area contributed by atoms with E-state index in [0.717, 1.165) is 6.07 Å². The van der Waals surface area contributed by atoms with Crippen LogP contribution in [0.4, 0.5) is 10.1 Å². The topological polar surface area (TPSA) is 69.2 Å². The average molecular weight is 277 g/mol. The van der Waals surface area contributed by atoms with Crippen LogP contribution >= 0.6 is 15.9 Å². The van der Waals surface area contributed by atoms with Gasteiger partial charge in [0.05, 0.1) is 9.40 Å². The zero-order chi connectivity index (χ0) is 11.6. The Hall–Kier alpha value is -1.01. The zero-order valence-electron chi connectivity index (χ0n) is 8.04. The van der Waals surface area contributed by atoms with Crippen LogP contribution in [0.1, 0.15) is 12.5 Å². The SMILES string of the molecule is CC(N)Cc1cc([N+](=O)[O-])c(Br)cc1F. The lowest BCUT2D eigenvalue weighted by atomic mass is 10.1. The third-order valence-electron chi connectivity index (χ3n) is 1.85. The van der Waals surface area contributed by atoms with Gasteiger partial charge in [0.25, 0.3) is 5.69 Å². The van der Waals surface area contributed by atoms with Crippen LogP contribution in [-0.4, -0.2) is 11.0 Å². The van der Waals surface area contributed by atoms with E-state index in [1.165, 1.54) is 6.07 Å². The molecule has 0 aliphatic heterocycles. The Labute approximate surface area is 94.6 Å². The predicted molar refractivity (Wildman–Crippen MR) is 58.1 cm³/mol. The number of benzene rings is 1. The molecule has 0 heterocycles. The summed E-state index contributed by atoms with van der Waals surface area (Å²) in [5, 5.41) is 10.6. The molecule has 1 aromatic rings. The molecule has 1 unspecified atom stereocenters. The highest BCUT2D eigenvalue weighted by Gasteiger charge is 2.16. The Bertz CT molecular complexity index is 396. The highest BCUT2D eigenvalue weighted by atomic mass is 79.9. The van der Waals surface area contributed by atoms with Crippen molar-refractivity contribution in [3.63, 3.8) is 0 Å². The molecular weight excluding hydrogens is 267 g/mol. The maximum Gasteiger partial charge on any atom is 0.283 e. The smallest absolute Gasteiger partial charge is 0.283 e. The fraction of sp³-hybridized carbons (Fsp3) is 0.333. The minimum absolute atomic E-state index is 0.137. The molecule has 1 rings (SSSR count). The summed E-state index contributed by atoms with van der Waals surface area (Å²) in [6, 6.07) is 2.07. The van der Waals surface area contributed by atoms with Crippen LogP contribution in [0, 0.1) is 15.9 Å². The fourth-order valence-corrected chi connectivity index (χ4v) is 1.68. The summed E-state index contributed by atoms with van der Waals surface area (Å²) in [5.41, 5.74) is 5.63. The summed E-state index contributed by atoms with van der Waals surface area (Å²) < 4.78 is 13.5. The quantitative estimate of drug-likeness (QED) is 0.681. The molecule has 0 aromatic heterocycles. The Kier molecular flexibility index (Phi) is 3.76. The van der Waals surface area contributed by atoms with Gasteiger partial charge < -0.3 is 5.73 Å². The van der Waals surface area contributed by atoms with E-state index in [1.807, 2.05) is 0 Å². The standard InChI is InChI=1S/C9H10BrFN2O2/c1-5(12)2-6-3-9(13(14)15)7(10)4-8(6)11/h3-5H,2,12H2,1H3. The summed E-state index contributed by atoms with van der Waals surface area (Å²) in [6.45, 7) is 1.72. The maximum atomic E-state index is 13.3. The highest BCUT2D eigenvalue weighted by Crippen LogP contribution is 2.28. The molecule has 0 aliphatic carbocycles. The number of nitro groups is 1. The van der Waals surface area contributed by atoms with E-state index < -0.39 is 10.7 Å². The molecule has 0 spiro atoms. The molecule has 0 saturated heterocycles. The number of rotatable bonds is 3. The van der Waals surface area contributed by atoms with Gasteiger partial charge in [-0.3, -0.25) is 10.1 Å². The second kappa shape index (κ2) is 4.67. The second-order valence-corrected chi connectivity index (χ2v) is 4.19. The average Bonchev–Trinajstić information content (AvgIpc) is 2.08. The molecule has 0 fully saturated rings. The number of nitrogens with two attached hydrogens (primary N) is 1. The maximum absolute atomic E-state index is 13.3. The lowest BCUT2D eigenvalue weighted by Gasteiger charge is -2.07. The van der Waals surface area contributed by atoms with Crippen molar-refractivity contribution in [2.24, 2.45) is 5.73 Å². The largest absolute Gasteiger partial charge is 0.328 e. The summed E-state index contributed by atoms with van der Waals surface area (Å²) in [4.78, 5) is 10.0. The van der Waals surface area contributed by atoms with E-state index in [-0.39, 0.29) is 28.2 Å². The van der Waals surface area contributed by atoms with E-state index in [2.05, 4.69) is 15.9 Å². The van der Waals surface area contributed by atoms with Crippen molar-refractivity contribution in [1.29, 1.82) is 0 Å². The molecule has 0 bridgehead atoms. The monoisotopic (exact) mass is 276 g/mol. The van der Waals surface area contributed by atoms with Gasteiger partial charge in [-0.05, 0) is 40.9 Å². The lowest BCUT2D eigenvalue weighted by Crippen LogP contribution is -2.18. The van der Waals surface area contributed by atoms with Crippen LogP contribution in [0.25, 0.3) is 0 Å². The molecule has 82 valence electrons. The molecule has 0 radical (unpaired) electrons. The van der Waals surface area contributed by atoms with Gasteiger partial charge in [-0.25, -0.2) is 4.39 Å². The minimum atomic E-state index is -0.561. The van der Waals surface area contributed by atoms with Gasteiger partial charge in [-0.2, -0.15) is 0 Å². The van der Waals surface area contributed by atoms with Crippen LogP contribution in [-0.2, 0) is 6.42 Å². The normalized spacial score (nSPS) is 12.5. The van der Waals surface area contributed by atoms with E-state index in [9.17, 15) is 14.5 Å². The fourth-order valence-electron chi connectivity index (χ4n) is 1.22. The molecule has 0 aliphatic rings. The van der Waals surface area contributed by atoms with Gasteiger partial charge in [-0.15, -0.1) is 0 Å². The summed E-state index contributed by atoms with van der Waals surface area (Å²) >= 11 is 2.94. The number of nitro benzene ring substituents is 1. The Morgan fingerprint density at radius 3 is 2.73 bits per heavy atom. The van der Waals surface area contributed by atoms with Crippen LogP contribution < -0.4 is 5.73 Å². The second-order valence-electron chi connectivity index (χ2n) is 3.33. The molecule has 0 amide bonds. The first-order chi connectivity index (χ1) is 6.91. The first-order valence-corrected chi connectivity index (χ1v) is 5.09. The van der Waals surface area contributed by atoms with Gasteiger partial charge in [0.1, 0.15) is 5.82 Å². The minimum Gasteiger partial charge on any atom is -0.328 e. The molecule has 2 N–H and O–H groups in total. The molecule has 15 heavy (non-hydrogen) atoms. The van der Waals surface area contributed by atoms with Gasteiger partial charge >= 0.3 is 0 Å². The molecular formula is C9H10BrFN2O2. The molecule has 0 saturated carbocycles. The molecule has 6 heteroatoms. The van der Waals surface area contributed by atoms with Gasteiger partial charge in [0.15, 0.2) is 0 Å². The van der Waals surface area contributed by atoms with Crippen molar-refractivity contribution in [3.8, 4) is 0 Å². The third kappa shape index (κ3) is 2.97. The third-order valence-corrected chi connectivity index (χ3v) is 2.49. The van der Waals surface area contributed by atoms with Crippen molar-refractivity contribution in [2.75, 3.05) is 0 Å². The molecule has 1 atom stereocenters. The van der Waals surface area contributed by atoms with Crippen molar-refractivity contribution >= 4 is 21.6 Å². The predicted octanol–water partition coefficient (Wildman–Crippen LogP) is 2.39. The van der Waals surface area contributed by atoms with Crippen LogP contribution in [0.15, 0.2) is 16.6 Å². The summed E-state index contributed by atoms with van der Waals surface area (Å²) in [5.74, 6) is -0.482. The molecule has 4 nitrogen and oxygen atoms in total. The first kappa shape index (κ1) is 12.1.